The van der Waals surface area contributed by atoms with Crippen LogP contribution in [-0.2, 0) is 0 Å². The first kappa shape index (κ1) is 24.9. The summed E-state index contributed by atoms with van der Waals surface area (Å²) in [6.45, 7) is 6.63. The molecule has 0 amide bonds. The zero-order chi connectivity index (χ0) is 24.9. The summed E-state index contributed by atoms with van der Waals surface area (Å²) >= 11 is 6.18. The van der Waals surface area contributed by atoms with Gasteiger partial charge in [0.2, 0.25) is 0 Å². The van der Waals surface area contributed by atoms with Gasteiger partial charge < -0.3 is 25.8 Å². The Balaban J connectivity index is 1.59. The van der Waals surface area contributed by atoms with Gasteiger partial charge in [-0.1, -0.05) is 49.4 Å². The molecule has 35 heavy (non-hydrogen) atoms. The van der Waals surface area contributed by atoms with Crippen LogP contribution < -0.4 is 11.1 Å². The maximum absolute atomic E-state index is 10.8. The van der Waals surface area contributed by atoms with Crippen LogP contribution in [0, 0.1) is 11.8 Å². The number of aromatic amines is 1. The third kappa shape index (κ3) is 5.56. The van der Waals surface area contributed by atoms with E-state index in [0.717, 1.165) is 23.9 Å². The van der Waals surface area contributed by atoms with E-state index in [2.05, 4.69) is 50.9 Å². The van der Waals surface area contributed by atoms with E-state index in [1.54, 1.807) is 24.7 Å². The van der Waals surface area contributed by atoms with Crippen LogP contribution in [0.3, 0.4) is 0 Å². The van der Waals surface area contributed by atoms with Crippen molar-refractivity contribution in [2.75, 3.05) is 31.9 Å². The molecule has 2 heterocycles. The number of benzene rings is 2. The highest BCUT2D eigenvalue weighted by Crippen LogP contribution is 2.26. The average molecular weight is 493 g/mol. The van der Waals surface area contributed by atoms with E-state index in [-0.39, 0.29) is 6.54 Å². The number of nitrogen functional groups attached to an aromatic ring is 1. The Morgan fingerprint density at radius 3 is 2.71 bits per heavy atom. The molecule has 0 spiro atoms. The van der Waals surface area contributed by atoms with Crippen LogP contribution in [0.4, 0.5) is 5.82 Å². The van der Waals surface area contributed by atoms with E-state index in [1.165, 1.54) is 0 Å². The Labute approximate surface area is 209 Å². The van der Waals surface area contributed by atoms with Crippen molar-refractivity contribution in [2.24, 2.45) is 0 Å². The highest BCUT2D eigenvalue weighted by atomic mass is 35.5. The highest BCUT2D eigenvalue weighted by molar-refractivity contribution is 6.31. The fourth-order valence-corrected chi connectivity index (χ4v) is 4.22. The summed E-state index contributed by atoms with van der Waals surface area (Å²) in [4.78, 5) is 13.9. The Hall–Kier alpha value is -3.19. The number of halogens is 1. The molecule has 2 aromatic heterocycles. The first-order valence-corrected chi connectivity index (χ1v) is 11.9. The second-order valence-electron chi connectivity index (χ2n) is 8.28. The lowest BCUT2D eigenvalue weighted by atomic mass is 10.0. The molecular formula is C26H29ClN6O2. The summed E-state index contributed by atoms with van der Waals surface area (Å²) < 4.78 is 0. The molecular weight excluding hydrogens is 464 g/mol. The Morgan fingerprint density at radius 2 is 1.94 bits per heavy atom. The lowest BCUT2D eigenvalue weighted by Crippen LogP contribution is -2.39. The van der Waals surface area contributed by atoms with Crippen LogP contribution in [0.5, 0.6) is 0 Å². The molecule has 0 fully saturated rings. The molecule has 0 aliphatic carbocycles. The van der Waals surface area contributed by atoms with Crippen molar-refractivity contribution in [3.63, 3.8) is 0 Å². The zero-order valence-electron chi connectivity index (χ0n) is 19.7. The summed E-state index contributed by atoms with van der Waals surface area (Å²) in [6, 6.07) is 9.10. The number of aliphatic hydroxyl groups excluding tert-OH is 2. The number of nitrogens with zero attached hydrogens (tertiary/aromatic N) is 3. The predicted octanol–water partition coefficient (Wildman–Crippen LogP) is 3.03. The van der Waals surface area contributed by atoms with Gasteiger partial charge in [0.1, 0.15) is 17.6 Å². The number of rotatable bonds is 8. The number of imidazole rings is 1. The van der Waals surface area contributed by atoms with Crippen molar-refractivity contribution in [1.29, 1.82) is 0 Å². The van der Waals surface area contributed by atoms with E-state index in [9.17, 15) is 10.2 Å². The maximum atomic E-state index is 10.8. The van der Waals surface area contributed by atoms with Crippen molar-refractivity contribution in [2.45, 2.75) is 26.2 Å². The number of likely N-dealkylation sites (N-methyl/N-ethyl adjacent to an activating group) is 1. The van der Waals surface area contributed by atoms with Gasteiger partial charge in [0.05, 0.1) is 29.1 Å². The first-order valence-electron chi connectivity index (χ1n) is 11.5. The number of H-pyrrole nitrogens is 1. The number of pyridine rings is 1. The third-order valence-corrected chi connectivity index (χ3v) is 6.26. The van der Waals surface area contributed by atoms with E-state index in [1.807, 2.05) is 18.2 Å². The highest BCUT2D eigenvalue weighted by Gasteiger charge is 2.17. The van der Waals surface area contributed by atoms with Crippen molar-refractivity contribution < 1.29 is 10.2 Å². The molecule has 2 aromatic carbocycles. The molecule has 0 bridgehead atoms. The normalized spacial score (nSPS) is 13.2. The minimum absolute atomic E-state index is 0.255. The molecule has 4 aromatic rings. The molecule has 182 valence electrons. The van der Waals surface area contributed by atoms with E-state index >= 15 is 0 Å². The smallest absolute Gasteiger partial charge is 0.139 e. The second kappa shape index (κ2) is 11.0. The van der Waals surface area contributed by atoms with Gasteiger partial charge in [-0.3, -0.25) is 5.32 Å². The molecule has 0 saturated heterocycles. The topological polar surface area (TPSA) is 123 Å². The predicted molar refractivity (Wildman–Crippen MR) is 140 cm³/mol. The Bertz CT molecular complexity index is 1380. The number of anilines is 1. The summed E-state index contributed by atoms with van der Waals surface area (Å²) in [5.74, 6) is 6.61. The van der Waals surface area contributed by atoms with Crippen molar-refractivity contribution in [3.8, 4) is 11.8 Å². The fourth-order valence-electron chi connectivity index (χ4n) is 4.05. The van der Waals surface area contributed by atoms with Gasteiger partial charge in [0.25, 0.3) is 0 Å². The molecule has 2 atom stereocenters. The van der Waals surface area contributed by atoms with Gasteiger partial charge in [-0.15, -0.1) is 0 Å². The lowest BCUT2D eigenvalue weighted by Gasteiger charge is -2.23. The number of nitrogens with two attached hydrogens (primary N) is 1. The first-order chi connectivity index (χ1) is 16.9. The zero-order valence-corrected chi connectivity index (χ0v) is 20.5. The standard InChI is InChI=1S/C26H29ClN6O2/c1-3-33(4-2)14-19(34)13-30-26(35)21-10-7-16(23-24(21)32-15-31-23)6-9-20-22-11-18(27)8-5-17(22)12-29-25(20)28/h5,7-8,10-12,15,19,26,30,34-35H,3-4,13-14H2,1-2H3,(H2,28,29)(H,31,32). The fraction of sp³-hybridized carbons (Fsp3) is 0.308. The number of nitrogens with one attached hydrogen (secondary N) is 2. The molecule has 0 radical (unpaired) electrons. The monoisotopic (exact) mass is 492 g/mol. The number of aliphatic hydroxyl groups is 2. The van der Waals surface area contributed by atoms with Crippen LogP contribution in [0.1, 0.15) is 36.8 Å². The largest absolute Gasteiger partial charge is 0.390 e. The molecule has 0 aliphatic heterocycles. The number of fused-ring (bicyclic) bond motifs is 2. The van der Waals surface area contributed by atoms with Gasteiger partial charge in [-0.2, -0.15) is 0 Å². The molecule has 4 rings (SSSR count). The lowest BCUT2D eigenvalue weighted by molar-refractivity contribution is 0.0813. The maximum Gasteiger partial charge on any atom is 0.139 e. The number of hydrogen-bond acceptors (Lipinski definition) is 7. The summed E-state index contributed by atoms with van der Waals surface area (Å²) in [5.41, 5.74) is 9.32. The van der Waals surface area contributed by atoms with Gasteiger partial charge in [-0.05, 0) is 31.3 Å². The van der Waals surface area contributed by atoms with Crippen LogP contribution >= 0.6 is 11.6 Å². The molecule has 9 heteroatoms. The minimum Gasteiger partial charge on any atom is -0.390 e. The van der Waals surface area contributed by atoms with Crippen molar-refractivity contribution in [3.05, 3.63) is 64.6 Å². The number of hydrogen-bond donors (Lipinski definition) is 5. The van der Waals surface area contributed by atoms with E-state index < -0.39 is 12.3 Å². The SMILES string of the molecule is CCN(CC)CC(O)CNC(O)c1ccc(C#Cc2c(N)ncc3ccc(Cl)cc23)c2nc[nH]c12. The van der Waals surface area contributed by atoms with Gasteiger partial charge in [-0.25, -0.2) is 9.97 Å². The third-order valence-electron chi connectivity index (χ3n) is 6.02. The molecule has 0 aliphatic rings. The summed E-state index contributed by atoms with van der Waals surface area (Å²) in [6.07, 6.45) is 1.68. The van der Waals surface area contributed by atoms with Crippen molar-refractivity contribution in [1.82, 2.24) is 25.2 Å². The molecule has 8 nitrogen and oxygen atoms in total. The van der Waals surface area contributed by atoms with Crippen LogP contribution in [0.2, 0.25) is 5.02 Å². The van der Waals surface area contributed by atoms with Gasteiger partial charge >= 0.3 is 0 Å². The van der Waals surface area contributed by atoms with Crippen LogP contribution in [0.15, 0.2) is 42.9 Å². The molecule has 6 N–H and O–H groups in total. The molecule has 2 unspecified atom stereocenters. The molecule has 0 saturated carbocycles. The quantitative estimate of drug-likeness (QED) is 0.189. The summed E-state index contributed by atoms with van der Waals surface area (Å²) in [7, 11) is 0. The van der Waals surface area contributed by atoms with Gasteiger partial charge in [0, 0.05) is 40.6 Å². The second-order valence-corrected chi connectivity index (χ2v) is 8.72. The minimum atomic E-state index is -0.980. The Kier molecular flexibility index (Phi) is 7.86. The Morgan fingerprint density at radius 1 is 1.14 bits per heavy atom. The van der Waals surface area contributed by atoms with Gasteiger partial charge in [0.15, 0.2) is 0 Å². The van der Waals surface area contributed by atoms with E-state index in [0.29, 0.717) is 45.1 Å². The average Bonchev–Trinajstić information content (AvgIpc) is 3.35. The van der Waals surface area contributed by atoms with Crippen molar-refractivity contribution >= 4 is 39.2 Å². The summed E-state index contributed by atoms with van der Waals surface area (Å²) in [5, 5.41) is 26.4. The van der Waals surface area contributed by atoms with Crippen LogP contribution in [-0.4, -0.2) is 62.3 Å². The van der Waals surface area contributed by atoms with E-state index in [4.69, 9.17) is 17.3 Å². The number of aromatic nitrogens is 3. The van der Waals surface area contributed by atoms with Crippen LogP contribution in [0.25, 0.3) is 21.8 Å².